The lowest BCUT2D eigenvalue weighted by molar-refractivity contribution is -0.141. The zero-order chi connectivity index (χ0) is 59.7. The van der Waals surface area contributed by atoms with Gasteiger partial charge in [-0.25, -0.2) is 21.2 Å². The fourth-order valence-electron chi connectivity index (χ4n) is 10.1. The van der Waals surface area contributed by atoms with Crippen LogP contribution in [0.15, 0.2) is 72.8 Å². The van der Waals surface area contributed by atoms with Crippen LogP contribution in [-0.2, 0) is 52.1 Å². The molecule has 3 aromatic carbocycles. The third-order valence-corrected chi connectivity index (χ3v) is 17.9. The molecule has 0 unspecified atom stereocenters. The number of rotatable bonds is 25. The molecule has 22 heteroatoms. The summed E-state index contributed by atoms with van der Waals surface area (Å²) in [7, 11) is -4.34. The van der Waals surface area contributed by atoms with E-state index in [4.69, 9.17) is 0 Å². The molecule has 19 nitrogen and oxygen atoms in total. The van der Waals surface area contributed by atoms with Crippen LogP contribution < -0.4 is 26.6 Å². The summed E-state index contributed by atoms with van der Waals surface area (Å²) in [5.74, 6) is -3.20. The van der Waals surface area contributed by atoms with Crippen LogP contribution in [0.25, 0.3) is 0 Å². The number of carbonyl (C=O) groups excluding carboxylic acids is 6. The molecule has 0 aliphatic carbocycles. The monoisotopic (exact) mass is 1150 g/mol. The number of hydrogen-bond donors (Lipinski definition) is 5. The highest BCUT2D eigenvalue weighted by molar-refractivity contribution is 7.88. The van der Waals surface area contributed by atoms with Gasteiger partial charge in [-0.05, 0) is 113 Å². The summed E-state index contributed by atoms with van der Waals surface area (Å²) in [4.78, 5) is 87.1. The molecule has 8 atom stereocenters. The lowest BCUT2D eigenvalue weighted by Crippen LogP contribution is -2.59. The summed E-state index contributed by atoms with van der Waals surface area (Å²) in [5.41, 5.74) is 1.74. The van der Waals surface area contributed by atoms with Crippen molar-refractivity contribution in [3.05, 3.63) is 106 Å². The average Bonchev–Trinajstić information content (AvgIpc) is 4.00. The predicted molar refractivity (Wildman–Crippen MR) is 308 cm³/mol. The van der Waals surface area contributed by atoms with E-state index >= 15 is 0 Å². The van der Waals surface area contributed by atoms with Gasteiger partial charge in [-0.2, -0.15) is 8.61 Å². The number of carbonyl (C=O) groups is 6. The van der Waals surface area contributed by atoms with Crippen molar-refractivity contribution in [3.63, 3.8) is 0 Å². The Labute approximate surface area is 474 Å². The Hall–Kier alpha value is -5.65. The molecule has 3 aromatic rings. The molecule has 0 aromatic heterocycles. The Bertz CT molecular complexity index is 2680. The van der Waals surface area contributed by atoms with Gasteiger partial charge >= 0.3 is 0 Å². The number of benzene rings is 3. The first-order valence-electron chi connectivity index (χ1n) is 27.4. The molecule has 5 amide bonds. The highest BCUT2D eigenvalue weighted by atomic mass is 32.2. The summed E-state index contributed by atoms with van der Waals surface area (Å²) in [6.07, 6.45) is 3.38. The lowest BCUT2D eigenvalue weighted by Gasteiger charge is -2.37. The molecule has 0 saturated carbocycles. The molecule has 2 saturated heterocycles. The summed E-state index contributed by atoms with van der Waals surface area (Å²) in [6, 6.07) is 14.5. The maximum atomic E-state index is 14.7. The molecule has 442 valence electrons. The van der Waals surface area contributed by atoms with Crippen molar-refractivity contribution in [2.75, 3.05) is 65.9 Å². The fourth-order valence-corrected chi connectivity index (χ4v) is 11.9. The number of aryl methyl sites for hydroxylation is 1. The molecule has 2 fully saturated rings. The smallest absolute Gasteiger partial charge is 0.251 e. The number of amides is 5. The number of halogens is 1. The number of sulfonamides is 2. The second kappa shape index (κ2) is 27.4. The summed E-state index contributed by atoms with van der Waals surface area (Å²) >= 11 is 0. The van der Waals surface area contributed by atoms with Crippen molar-refractivity contribution in [1.29, 1.82) is 0 Å². The lowest BCUT2D eigenvalue weighted by atomic mass is 9.85. The quantitative estimate of drug-likeness (QED) is 0.0759. The van der Waals surface area contributed by atoms with Crippen molar-refractivity contribution >= 4 is 55.4 Å². The van der Waals surface area contributed by atoms with Crippen molar-refractivity contribution in [2.24, 2.45) is 16.7 Å². The predicted octanol–water partition coefficient (Wildman–Crippen LogP) is 3.91. The molecule has 0 spiro atoms. The van der Waals surface area contributed by atoms with E-state index in [-0.39, 0.29) is 82.2 Å². The van der Waals surface area contributed by atoms with Crippen LogP contribution in [0.4, 0.5) is 4.39 Å². The maximum absolute atomic E-state index is 14.7. The van der Waals surface area contributed by atoms with Crippen molar-refractivity contribution < 1.29 is 50.0 Å². The van der Waals surface area contributed by atoms with Gasteiger partial charge in [0, 0.05) is 74.9 Å². The summed E-state index contributed by atoms with van der Waals surface area (Å²) < 4.78 is 69.7. The molecule has 0 radical (unpaired) electrons. The minimum absolute atomic E-state index is 0.0175. The second-order valence-corrected chi connectivity index (χ2v) is 28.0. The van der Waals surface area contributed by atoms with E-state index in [0.29, 0.717) is 12.0 Å². The third-order valence-electron chi connectivity index (χ3n) is 15.3. The molecule has 2 heterocycles. The van der Waals surface area contributed by atoms with Gasteiger partial charge in [-0.15, -0.1) is 0 Å². The zero-order valence-electron chi connectivity index (χ0n) is 48.9. The number of Topliss-reactive ketones (excluding diaryl/α,β-unsaturated/α-hetero) is 1. The highest BCUT2D eigenvalue weighted by Crippen LogP contribution is 2.33. The molecule has 2 aliphatic heterocycles. The number of likely N-dealkylation sites (tertiary alicyclic amines) is 2. The molecule has 5 rings (SSSR count). The van der Waals surface area contributed by atoms with Crippen molar-refractivity contribution in [2.45, 2.75) is 137 Å². The van der Waals surface area contributed by atoms with Gasteiger partial charge < -0.3 is 36.4 Å². The van der Waals surface area contributed by atoms with E-state index in [0.717, 1.165) is 29.2 Å². The minimum Gasteiger partial charge on any atom is -0.347 e. The second-order valence-electron chi connectivity index (χ2n) is 24.0. The van der Waals surface area contributed by atoms with Gasteiger partial charge in [0.25, 0.3) is 5.91 Å². The zero-order valence-corrected chi connectivity index (χ0v) is 50.5. The van der Waals surface area contributed by atoms with Gasteiger partial charge in [-0.3, -0.25) is 28.8 Å². The Morgan fingerprint density at radius 1 is 0.625 bits per heavy atom. The van der Waals surface area contributed by atoms with Gasteiger partial charge in [0.05, 0.1) is 24.6 Å². The van der Waals surface area contributed by atoms with Gasteiger partial charge in [0.15, 0.2) is 5.78 Å². The van der Waals surface area contributed by atoms with Crippen LogP contribution in [0.2, 0.25) is 0 Å². The standard InChI is InChI=1S/C58H86FN9O10S2/c1-37-14-16-40(17-15-37)26-28-66(80(13,77)78)36-48-32-46(34-68(48)56(74)51(58(7,8)9)64-53(71)39(3)61-11)62-54(72)44-22-20-43(21-23-44)49(69)31-42-30-47(35-65(79(12,75)76)29-27-41-18-24-45(59)25-19-41)67(33-42)55(73)50(57(4,5)6)63-52(70)38(2)60-10/h14-25,38-39,42,46-48,50-51,60-61H,26-36H2,1-13H3,(H,62,72)(H,63,70)(H,64,71)/t38-,39-,42+,46-,47-,48-,50+,51+/m0/s1. The van der Waals surface area contributed by atoms with Crippen LogP contribution in [0.1, 0.15) is 112 Å². The fraction of sp³-hybridized carbons (Fsp3) is 0.586. The summed E-state index contributed by atoms with van der Waals surface area (Å²) in [6.45, 7) is 16.5. The number of nitrogens with one attached hydrogen (secondary N) is 5. The first-order valence-corrected chi connectivity index (χ1v) is 31.1. The first-order chi connectivity index (χ1) is 37.2. The molecular weight excluding hydrogens is 1070 g/mol. The Morgan fingerprint density at radius 2 is 1.04 bits per heavy atom. The van der Waals surface area contributed by atoms with Crippen LogP contribution in [-0.4, -0.2) is 179 Å². The van der Waals surface area contributed by atoms with Gasteiger partial charge in [-0.1, -0.05) is 95.6 Å². The van der Waals surface area contributed by atoms with Crippen LogP contribution in [0.5, 0.6) is 0 Å². The van der Waals surface area contributed by atoms with E-state index in [2.05, 4.69) is 26.6 Å². The van der Waals surface area contributed by atoms with E-state index in [1.165, 1.54) is 45.0 Å². The highest BCUT2D eigenvalue weighted by Gasteiger charge is 2.46. The minimum atomic E-state index is -3.83. The molecule has 2 aliphatic rings. The topological polar surface area (TPSA) is 244 Å². The number of hydrogen-bond acceptors (Lipinski definition) is 12. The van der Waals surface area contributed by atoms with Crippen LogP contribution in [0.3, 0.4) is 0 Å². The maximum Gasteiger partial charge on any atom is 0.251 e. The molecule has 80 heavy (non-hydrogen) atoms. The van der Waals surface area contributed by atoms with Crippen molar-refractivity contribution in [1.82, 2.24) is 45.0 Å². The molecule has 5 N–H and O–H groups in total. The van der Waals surface area contributed by atoms with E-state index < -0.39 is 109 Å². The van der Waals surface area contributed by atoms with E-state index in [1.54, 1.807) is 49.9 Å². The van der Waals surface area contributed by atoms with Gasteiger partial charge in [0.1, 0.15) is 17.9 Å². The molecular formula is C58H86FN9O10S2. The Balaban J connectivity index is 1.35. The number of ketones is 1. The Morgan fingerprint density at radius 3 is 1.46 bits per heavy atom. The van der Waals surface area contributed by atoms with Crippen molar-refractivity contribution in [3.8, 4) is 0 Å². The SMILES string of the molecule is CN[C@@H](C)C(=O)N[C@H](C(=O)N1C[C@@H](CC(=O)c2ccc(C(=O)N[C@H]3C[C@@H](CN(CCc4ccc(C)cc4)S(C)(=O)=O)N(C(=O)[C@@H](NC(=O)[C@H](C)NC)C(C)(C)C)C3)cc2)C[C@H]1CN(CCc1ccc(F)cc1)S(C)(=O)=O)C(C)(C)C. The molecule has 0 bridgehead atoms. The van der Waals surface area contributed by atoms with Crippen LogP contribution >= 0.6 is 0 Å². The number of nitrogens with zero attached hydrogens (tertiary/aromatic N) is 4. The largest absolute Gasteiger partial charge is 0.347 e. The van der Waals surface area contributed by atoms with E-state index in [1.807, 2.05) is 72.7 Å². The van der Waals surface area contributed by atoms with E-state index in [9.17, 15) is 50.0 Å². The van der Waals surface area contributed by atoms with Crippen LogP contribution in [0, 0.1) is 29.5 Å². The third kappa shape index (κ3) is 18.2. The average molecular weight is 1150 g/mol. The number of likely N-dealkylation sites (N-methyl/N-ethyl adjacent to an activating group) is 2. The normalized spacial score (nSPS) is 19.6. The summed E-state index contributed by atoms with van der Waals surface area (Å²) in [5, 5.41) is 14.6. The van der Waals surface area contributed by atoms with Gasteiger partial charge in [0.2, 0.25) is 43.7 Å². The first kappa shape index (κ1) is 65.2. The Kier molecular flexibility index (Phi) is 22.3.